The van der Waals surface area contributed by atoms with Gasteiger partial charge in [-0.3, -0.25) is 0 Å². The zero-order valence-corrected chi connectivity index (χ0v) is 11.6. The molecular weight excluding hydrogens is 256 g/mol. The van der Waals surface area contributed by atoms with Crippen molar-refractivity contribution < 1.29 is 14.7 Å². The topological polar surface area (TPSA) is 78.4 Å². The number of hydrogen-bond acceptors (Lipinski definition) is 2. The van der Waals surface area contributed by atoms with Gasteiger partial charge in [-0.25, -0.2) is 9.59 Å². The third-order valence-electron chi connectivity index (χ3n) is 3.80. The van der Waals surface area contributed by atoms with Crippen LogP contribution < -0.4 is 10.6 Å². The summed E-state index contributed by atoms with van der Waals surface area (Å²) >= 11 is 0. The van der Waals surface area contributed by atoms with Crippen LogP contribution in [-0.2, 0) is 6.42 Å². The highest BCUT2D eigenvalue weighted by Gasteiger charge is 2.32. The van der Waals surface area contributed by atoms with E-state index < -0.39 is 5.97 Å². The molecule has 0 heterocycles. The molecule has 0 saturated heterocycles. The zero-order valence-electron chi connectivity index (χ0n) is 11.6. The van der Waals surface area contributed by atoms with Crippen molar-refractivity contribution in [3.63, 3.8) is 0 Å². The fraction of sp³-hybridized carbons (Fsp3) is 0.467. The molecule has 5 heteroatoms. The summed E-state index contributed by atoms with van der Waals surface area (Å²) in [7, 11) is 0. The van der Waals surface area contributed by atoms with Crippen molar-refractivity contribution in [2.75, 3.05) is 6.54 Å². The molecule has 1 aliphatic rings. The van der Waals surface area contributed by atoms with Gasteiger partial charge in [0.05, 0.1) is 5.56 Å². The molecule has 0 spiro atoms. The van der Waals surface area contributed by atoms with E-state index in [0.717, 1.165) is 24.8 Å². The molecule has 2 rings (SSSR count). The number of urea groups is 1. The Morgan fingerprint density at radius 3 is 2.60 bits per heavy atom. The van der Waals surface area contributed by atoms with Gasteiger partial charge in [0.15, 0.2) is 0 Å². The molecule has 1 aromatic rings. The van der Waals surface area contributed by atoms with E-state index in [1.807, 2.05) is 6.92 Å². The third kappa shape index (κ3) is 3.50. The van der Waals surface area contributed by atoms with Crippen LogP contribution in [-0.4, -0.2) is 29.2 Å². The van der Waals surface area contributed by atoms with Gasteiger partial charge in [0, 0.05) is 12.1 Å². The molecule has 0 aromatic heterocycles. The van der Waals surface area contributed by atoms with E-state index in [1.54, 1.807) is 24.3 Å². The van der Waals surface area contributed by atoms with Gasteiger partial charge in [-0.2, -0.15) is 0 Å². The number of benzene rings is 1. The normalized spacial score (nSPS) is 16.1. The number of aromatic carboxylic acids is 1. The minimum atomic E-state index is -0.938. The maximum atomic E-state index is 11.7. The lowest BCUT2D eigenvalue weighted by Gasteiger charge is -2.39. The number of rotatable bonds is 5. The number of nitrogens with one attached hydrogen (secondary N) is 2. The van der Waals surface area contributed by atoms with E-state index in [-0.39, 0.29) is 11.6 Å². The van der Waals surface area contributed by atoms with Crippen molar-refractivity contribution in [3.05, 3.63) is 35.4 Å². The average molecular weight is 276 g/mol. The van der Waals surface area contributed by atoms with E-state index in [0.29, 0.717) is 18.5 Å². The molecule has 3 N–H and O–H groups in total. The Bertz CT molecular complexity index is 510. The first-order chi connectivity index (χ1) is 9.50. The molecule has 2 amide bonds. The Kier molecular flexibility index (Phi) is 4.27. The molecule has 20 heavy (non-hydrogen) atoms. The molecule has 1 saturated carbocycles. The Morgan fingerprint density at radius 1 is 1.30 bits per heavy atom. The second-order valence-electron chi connectivity index (χ2n) is 5.51. The quantitative estimate of drug-likeness (QED) is 0.771. The Hall–Kier alpha value is -2.04. The summed E-state index contributed by atoms with van der Waals surface area (Å²) in [5, 5.41) is 14.8. The summed E-state index contributed by atoms with van der Waals surface area (Å²) in [6.45, 7) is 2.46. The third-order valence-corrected chi connectivity index (χ3v) is 3.80. The van der Waals surface area contributed by atoms with Gasteiger partial charge < -0.3 is 15.7 Å². The van der Waals surface area contributed by atoms with Crippen LogP contribution in [0.1, 0.15) is 42.1 Å². The van der Waals surface area contributed by atoms with Crippen LogP contribution in [0.3, 0.4) is 0 Å². The highest BCUT2D eigenvalue weighted by Crippen LogP contribution is 2.30. The number of carboxylic acids is 1. The fourth-order valence-corrected chi connectivity index (χ4v) is 2.41. The van der Waals surface area contributed by atoms with Crippen LogP contribution in [0.2, 0.25) is 0 Å². The van der Waals surface area contributed by atoms with Crippen LogP contribution in [0.25, 0.3) is 0 Å². The lowest BCUT2D eigenvalue weighted by molar-refractivity contribution is 0.0695. The first-order valence-electron chi connectivity index (χ1n) is 6.87. The Labute approximate surface area is 118 Å². The van der Waals surface area contributed by atoms with Crippen molar-refractivity contribution in [2.45, 2.75) is 38.1 Å². The van der Waals surface area contributed by atoms with Gasteiger partial charge in [-0.1, -0.05) is 18.2 Å². The molecule has 0 bridgehead atoms. The predicted molar refractivity (Wildman–Crippen MR) is 75.9 cm³/mol. The van der Waals surface area contributed by atoms with Gasteiger partial charge in [-0.05, 0) is 44.2 Å². The van der Waals surface area contributed by atoms with E-state index in [4.69, 9.17) is 5.11 Å². The highest BCUT2D eigenvalue weighted by molar-refractivity contribution is 5.89. The molecule has 108 valence electrons. The van der Waals surface area contributed by atoms with Crippen molar-refractivity contribution >= 4 is 12.0 Å². The second-order valence-corrected chi connectivity index (χ2v) is 5.51. The van der Waals surface area contributed by atoms with Crippen molar-refractivity contribution in [2.24, 2.45) is 0 Å². The molecule has 0 atom stereocenters. The molecule has 0 radical (unpaired) electrons. The number of hydrogen-bond donors (Lipinski definition) is 3. The lowest BCUT2D eigenvalue weighted by Crippen LogP contribution is -2.54. The van der Waals surface area contributed by atoms with Crippen LogP contribution in [0.4, 0.5) is 4.79 Å². The van der Waals surface area contributed by atoms with Gasteiger partial charge in [0.25, 0.3) is 0 Å². The van der Waals surface area contributed by atoms with Gasteiger partial charge in [0.1, 0.15) is 0 Å². The lowest BCUT2D eigenvalue weighted by atomic mass is 9.79. The van der Waals surface area contributed by atoms with Crippen molar-refractivity contribution in [1.29, 1.82) is 0 Å². The van der Waals surface area contributed by atoms with Crippen molar-refractivity contribution in [1.82, 2.24) is 10.6 Å². The molecule has 0 unspecified atom stereocenters. The summed E-state index contributed by atoms with van der Waals surface area (Å²) in [5.74, 6) is -0.938. The number of carboxylic acid groups (broad SMARTS) is 1. The maximum Gasteiger partial charge on any atom is 0.335 e. The van der Waals surface area contributed by atoms with Crippen LogP contribution in [0.5, 0.6) is 0 Å². The van der Waals surface area contributed by atoms with Crippen molar-refractivity contribution in [3.8, 4) is 0 Å². The van der Waals surface area contributed by atoms with Gasteiger partial charge in [-0.15, -0.1) is 0 Å². The first kappa shape index (κ1) is 14.4. The number of carbonyl (C=O) groups is 2. The summed E-state index contributed by atoms with van der Waals surface area (Å²) in [6, 6.07) is 6.67. The first-order valence-corrected chi connectivity index (χ1v) is 6.87. The smallest absolute Gasteiger partial charge is 0.335 e. The van der Waals surface area contributed by atoms with Crippen LogP contribution in [0, 0.1) is 0 Å². The SMILES string of the molecule is CC1(NC(=O)NCCc2ccccc2C(=O)O)CCC1. The molecule has 1 fully saturated rings. The number of amides is 2. The monoisotopic (exact) mass is 276 g/mol. The zero-order chi connectivity index (χ0) is 14.6. The molecule has 0 aliphatic heterocycles. The second kappa shape index (κ2) is 5.94. The highest BCUT2D eigenvalue weighted by atomic mass is 16.4. The van der Waals surface area contributed by atoms with Gasteiger partial charge >= 0.3 is 12.0 Å². The summed E-state index contributed by atoms with van der Waals surface area (Å²) in [5.41, 5.74) is 0.957. The number of carbonyl (C=O) groups excluding carboxylic acids is 1. The minimum Gasteiger partial charge on any atom is -0.478 e. The van der Waals surface area contributed by atoms with E-state index >= 15 is 0 Å². The Balaban J connectivity index is 1.81. The largest absolute Gasteiger partial charge is 0.478 e. The molecule has 1 aromatic carbocycles. The average Bonchev–Trinajstić information content (AvgIpc) is 2.37. The van der Waals surface area contributed by atoms with E-state index in [2.05, 4.69) is 10.6 Å². The summed E-state index contributed by atoms with van der Waals surface area (Å²) < 4.78 is 0. The van der Waals surface area contributed by atoms with E-state index in [9.17, 15) is 9.59 Å². The summed E-state index contributed by atoms with van der Waals surface area (Å²) in [6.07, 6.45) is 3.69. The van der Waals surface area contributed by atoms with Crippen LogP contribution in [0.15, 0.2) is 24.3 Å². The minimum absolute atomic E-state index is 0.0664. The van der Waals surface area contributed by atoms with E-state index in [1.165, 1.54) is 0 Å². The molecular formula is C15H20N2O3. The molecule has 1 aliphatic carbocycles. The maximum absolute atomic E-state index is 11.7. The standard InChI is InChI=1S/C15H20N2O3/c1-15(8-4-9-15)17-14(20)16-10-7-11-5-2-3-6-12(11)13(18)19/h2-3,5-6H,4,7-10H2,1H3,(H,18,19)(H2,16,17,20). The van der Waals surface area contributed by atoms with Crippen LogP contribution >= 0.6 is 0 Å². The van der Waals surface area contributed by atoms with Gasteiger partial charge in [0.2, 0.25) is 0 Å². The predicted octanol–water partition coefficient (Wildman–Crippen LogP) is 2.17. The fourth-order valence-electron chi connectivity index (χ4n) is 2.41. The Morgan fingerprint density at radius 2 is 2.00 bits per heavy atom. The molecule has 5 nitrogen and oxygen atoms in total. The summed E-state index contributed by atoms with van der Waals surface area (Å²) in [4.78, 5) is 22.8.